The van der Waals surface area contributed by atoms with Crippen LogP contribution in [0.2, 0.25) is 0 Å². The smallest absolute Gasteiger partial charge is 0.219 e. The van der Waals surface area contributed by atoms with Gasteiger partial charge in [-0.15, -0.1) is 0 Å². The number of anilines is 3. The SMILES string of the molecule is CC(=O)N1CCc2c(c(N(C)c3cnc(C)c(N(C)C)c3)nn2C2CCOCC2)C1. The Bertz CT molecular complexity index is 932. The minimum atomic E-state index is 0.111. The Morgan fingerprint density at radius 3 is 2.63 bits per heavy atom. The van der Waals surface area contributed by atoms with Gasteiger partial charge in [0, 0.05) is 65.5 Å². The van der Waals surface area contributed by atoms with Crippen molar-refractivity contribution in [1.29, 1.82) is 0 Å². The highest BCUT2D eigenvalue weighted by atomic mass is 16.5. The van der Waals surface area contributed by atoms with Gasteiger partial charge in [0.05, 0.1) is 35.9 Å². The van der Waals surface area contributed by atoms with Gasteiger partial charge < -0.3 is 19.4 Å². The molecule has 0 unspecified atom stereocenters. The zero-order chi connectivity index (χ0) is 21.4. The molecule has 1 amide bonds. The van der Waals surface area contributed by atoms with E-state index in [1.54, 1.807) is 6.92 Å². The van der Waals surface area contributed by atoms with Crippen molar-refractivity contribution in [3.63, 3.8) is 0 Å². The average Bonchev–Trinajstić information content (AvgIpc) is 3.13. The summed E-state index contributed by atoms with van der Waals surface area (Å²) in [5.74, 6) is 1.03. The maximum absolute atomic E-state index is 12.1. The molecule has 0 saturated carbocycles. The molecule has 162 valence electrons. The van der Waals surface area contributed by atoms with Gasteiger partial charge in [-0.25, -0.2) is 0 Å². The van der Waals surface area contributed by atoms with E-state index >= 15 is 0 Å². The summed E-state index contributed by atoms with van der Waals surface area (Å²) in [5, 5.41) is 5.09. The second kappa shape index (κ2) is 8.26. The second-order valence-corrected chi connectivity index (χ2v) is 8.48. The molecular formula is C22H32N6O2. The van der Waals surface area contributed by atoms with E-state index in [1.807, 2.05) is 39.2 Å². The maximum atomic E-state index is 12.1. The number of carbonyl (C=O) groups excluding carboxylic acids is 1. The van der Waals surface area contributed by atoms with Crippen LogP contribution >= 0.6 is 0 Å². The third-order valence-corrected chi connectivity index (χ3v) is 6.28. The lowest BCUT2D eigenvalue weighted by molar-refractivity contribution is -0.129. The van der Waals surface area contributed by atoms with E-state index in [0.29, 0.717) is 12.6 Å². The van der Waals surface area contributed by atoms with Gasteiger partial charge in [0.15, 0.2) is 5.82 Å². The van der Waals surface area contributed by atoms with Crippen LogP contribution in [0.4, 0.5) is 17.2 Å². The Hall–Kier alpha value is -2.61. The Morgan fingerprint density at radius 1 is 1.23 bits per heavy atom. The van der Waals surface area contributed by atoms with Crippen molar-refractivity contribution in [3.8, 4) is 0 Å². The second-order valence-electron chi connectivity index (χ2n) is 8.48. The number of fused-ring (bicyclic) bond motifs is 1. The van der Waals surface area contributed by atoms with E-state index < -0.39 is 0 Å². The predicted octanol–water partition coefficient (Wildman–Crippen LogP) is 2.68. The van der Waals surface area contributed by atoms with E-state index in [-0.39, 0.29) is 5.91 Å². The van der Waals surface area contributed by atoms with Crippen molar-refractivity contribution in [2.24, 2.45) is 0 Å². The number of pyridine rings is 1. The van der Waals surface area contributed by atoms with Gasteiger partial charge in [-0.05, 0) is 25.8 Å². The van der Waals surface area contributed by atoms with E-state index in [0.717, 1.165) is 67.5 Å². The van der Waals surface area contributed by atoms with E-state index in [2.05, 4.69) is 25.5 Å². The number of aryl methyl sites for hydroxylation is 1. The molecule has 4 heterocycles. The first kappa shape index (κ1) is 20.7. The molecule has 2 aromatic heterocycles. The normalized spacial score (nSPS) is 17.0. The molecule has 0 atom stereocenters. The summed E-state index contributed by atoms with van der Waals surface area (Å²) in [6, 6.07) is 2.50. The number of rotatable bonds is 4. The quantitative estimate of drug-likeness (QED) is 0.769. The van der Waals surface area contributed by atoms with Crippen LogP contribution in [0.15, 0.2) is 12.3 Å². The molecule has 4 rings (SSSR count). The molecule has 1 saturated heterocycles. The topological polar surface area (TPSA) is 66.7 Å². The van der Waals surface area contributed by atoms with Crippen LogP contribution in [-0.4, -0.2) is 66.5 Å². The van der Waals surface area contributed by atoms with Gasteiger partial charge >= 0.3 is 0 Å². The number of nitrogens with zero attached hydrogens (tertiary/aromatic N) is 6. The summed E-state index contributed by atoms with van der Waals surface area (Å²) in [6.07, 6.45) is 4.69. The Labute approximate surface area is 178 Å². The van der Waals surface area contributed by atoms with Gasteiger partial charge in [0.2, 0.25) is 5.91 Å². The number of hydrogen-bond donors (Lipinski definition) is 0. The number of hydrogen-bond acceptors (Lipinski definition) is 6. The first-order valence-electron chi connectivity index (χ1n) is 10.7. The fraction of sp³-hybridized carbons (Fsp3) is 0.591. The third-order valence-electron chi connectivity index (χ3n) is 6.28. The molecule has 8 heteroatoms. The Morgan fingerprint density at radius 2 is 1.97 bits per heavy atom. The highest BCUT2D eigenvalue weighted by Gasteiger charge is 2.31. The summed E-state index contributed by atoms with van der Waals surface area (Å²) >= 11 is 0. The van der Waals surface area contributed by atoms with Crippen LogP contribution in [0.5, 0.6) is 0 Å². The lowest BCUT2D eigenvalue weighted by atomic mass is 10.0. The fourth-order valence-corrected chi connectivity index (χ4v) is 4.47. The van der Waals surface area contributed by atoms with Crippen LogP contribution in [0.1, 0.15) is 42.8 Å². The van der Waals surface area contributed by atoms with Gasteiger partial charge in [-0.2, -0.15) is 5.10 Å². The number of aromatic nitrogens is 3. The van der Waals surface area contributed by atoms with Crippen LogP contribution in [0.3, 0.4) is 0 Å². The maximum Gasteiger partial charge on any atom is 0.219 e. The minimum absolute atomic E-state index is 0.111. The molecule has 30 heavy (non-hydrogen) atoms. The van der Waals surface area contributed by atoms with Crippen molar-refractivity contribution >= 4 is 23.1 Å². The van der Waals surface area contributed by atoms with E-state index in [4.69, 9.17) is 9.84 Å². The molecule has 2 aliphatic rings. The summed E-state index contributed by atoms with van der Waals surface area (Å²) < 4.78 is 7.78. The molecule has 0 bridgehead atoms. The summed E-state index contributed by atoms with van der Waals surface area (Å²) in [5.41, 5.74) is 5.48. The Balaban J connectivity index is 1.76. The number of carbonyl (C=O) groups is 1. The zero-order valence-electron chi connectivity index (χ0n) is 18.7. The van der Waals surface area contributed by atoms with Gasteiger partial charge in [-0.3, -0.25) is 14.5 Å². The van der Waals surface area contributed by atoms with Crippen LogP contribution in [0.25, 0.3) is 0 Å². The highest BCUT2D eigenvalue weighted by molar-refractivity contribution is 5.74. The van der Waals surface area contributed by atoms with Crippen molar-refractivity contribution in [2.75, 3.05) is 50.7 Å². The average molecular weight is 413 g/mol. The van der Waals surface area contributed by atoms with Crippen molar-refractivity contribution < 1.29 is 9.53 Å². The summed E-state index contributed by atoms with van der Waals surface area (Å²) in [6.45, 7) is 6.57. The lowest BCUT2D eigenvalue weighted by Crippen LogP contribution is -2.35. The van der Waals surface area contributed by atoms with Crippen molar-refractivity contribution in [3.05, 3.63) is 29.2 Å². The molecule has 8 nitrogen and oxygen atoms in total. The molecule has 2 aromatic rings. The molecule has 0 radical (unpaired) electrons. The fourth-order valence-electron chi connectivity index (χ4n) is 4.47. The molecule has 2 aliphatic heterocycles. The molecule has 0 aliphatic carbocycles. The van der Waals surface area contributed by atoms with Gasteiger partial charge in [0.25, 0.3) is 0 Å². The van der Waals surface area contributed by atoms with Gasteiger partial charge in [0.1, 0.15) is 0 Å². The standard InChI is InChI=1S/C22H32N6O2/c1-15-21(25(3)4)12-18(13-23-15)26(5)22-19-14-27(16(2)29)9-6-20(19)28(24-22)17-7-10-30-11-8-17/h12-13,17H,6-11,14H2,1-5H3. The first-order valence-corrected chi connectivity index (χ1v) is 10.7. The summed E-state index contributed by atoms with van der Waals surface area (Å²) in [7, 11) is 6.09. The van der Waals surface area contributed by atoms with Crippen LogP contribution < -0.4 is 9.80 Å². The van der Waals surface area contributed by atoms with Crippen molar-refractivity contribution in [2.45, 2.75) is 45.7 Å². The number of amides is 1. The van der Waals surface area contributed by atoms with Crippen LogP contribution in [0, 0.1) is 6.92 Å². The molecular weight excluding hydrogens is 380 g/mol. The van der Waals surface area contributed by atoms with Crippen LogP contribution in [-0.2, 0) is 22.5 Å². The largest absolute Gasteiger partial charge is 0.381 e. The minimum Gasteiger partial charge on any atom is -0.381 e. The number of ether oxygens (including phenoxy) is 1. The molecule has 0 spiro atoms. The summed E-state index contributed by atoms with van der Waals surface area (Å²) in [4.78, 5) is 22.8. The molecule has 0 N–H and O–H groups in total. The van der Waals surface area contributed by atoms with E-state index in [9.17, 15) is 4.79 Å². The molecule has 0 aromatic carbocycles. The monoisotopic (exact) mass is 412 g/mol. The third kappa shape index (κ3) is 3.76. The first-order chi connectivity index (χ1) is 14.4. The zero-order valence-corrected chi connectivity index (χ0v) is 18.7. The molecule has 1 fully saturated rings. The Kier molecular flexibility index (Phi) is 5.69. The van der Waals surface area contributed by atoms with Crippen molar-refractivity contribution in [1.82, 2.24) is 19.7 Å². The highest BCUT2D eigenvalue weighted by Crippen LogP contribution is 2.36. The van der Waals surface area contributed by atoms with E-state index in [1.165, 1.54) is 5.69 Å². The lowest BCUT2D eigenvalue weighted by Gasteiger charge is -2.29. The predicted molar refractivity (Wildman–Crippen MR) is 117 cm³/mol. The van der Waals surface area contributed by atoms with Gasteiger partial charge in [-0.1, -0.05) is 0 Å².